The van der Waals surface area contributed by atoms with E-state index < -0.39 is 46.8 Å². The van der Waals surface area contributed by atoms with Gasteiger partial charge < -0.3 is 15.2 Å². The van der Waals surface area contributed by atoms with E-state index in [2.05, 4.69) is 5.32 Å². The minimum Gasteiger partial charge on any atom is -0.508 e. The summed E-state index contributed by atoms with van der Waals surface area (Å²) in [6, 6.07) is 47.6. The second-order valence-corrected chi connectivity index (χ2v) is 16.6. The van der Waals surface area contributed by atoms with Crippen LogP contribution in [0.25, 0.3) is 0 Å². The Bertz CT molecular complexity index is 2730. The van der Waals surface area contributed by atoms with Crippen LogP contribution in [0.5, 0.6) is 11.5 Å². The van der Waals surface area contributed by atoms with Gasteiger partial charge >= 0.3 is 0 Å². The Labute approximate surface area is 357 Å². The molecule has 61 heavy (non-hydrogen) atoms. The zero-order valence-electron chi connectivity index (χ0n) is 32.9. The lowest BCUT2D eigenvalue weighted by Gasteiger charge is -2.50. The number of aromatic hydroxyl groups is 1. The van der Waals surface area contributed by atoms with Crippen molar-refractivity contribution >= 4 is 58.0 Å². The molecular formula is C51H40ClN3O6. The summed E-state index contributed by atoms with van der Waals surface area (Å²) in [4.78, 5) is 62.5. The molecular weight excluding hydrogens is 786 g/mol. The van der Waals surface area contributed by atoms with Crippen LogP contribution in [0, 0.1) is 23.7 Å². The van der Waals surface area contributed by atoms with Crippen molar-refractivity contribution in [1.29, 1.82) is 0 Å². The number of benzene rings is 6. The number of halogens is 1. The number of para-hydroxylation sites is 1. The van der Waals surface area contributed by atoms with Crippen molar-refractivity contribution in [2.45, 2.75) is 30.8 Å². The van der Waals surface area contributed by atoms with E-state index in [9.17, 15) is 14.7 Å². The molecule has 2 saturated heterocycles. The quantitative estimate of drug-likeness (QED) is 0.110. The number of anilines is 4. The number of phenolic OH excluding ortho intramolecular Hbond substituents is 1. The van der Waals surface area contributed by atoms with Crippen LogP contribution in [0.4, 0.5) is 22.7 Å². The van der Waals surface area contributed by atoms with Crippen LogP contribution in [0.3, 0.4) is 0 Å². The van der Waals surface area contributed by atoms with E-state index in [0.717, 1.165) is 22.5 Å². The number of phenols is 1. The van der Waals surface area contributed by atoms with Crippen LogP contribution in [0.15, 0.2) is 169 Å². The van der Waals surface area contributed by atoms with Crippen LogP contribution >= 0.6 is 11.6 Å². The van der Waals surface area contributed by atoms with Crippen molar-refractivity contribution in [2.75, 3.05) is 15.1 Å². The first-order valence-electron chi connectivity index (χ1n) is 20.4. The predicted molar refractivity (Wildman–Crippen MR) is 234 cm³/mol. The van der Waals surface area contributed by atoms with Gasteiger partial charge in [-0.1, -0.05) is 114 Å². The summed E-state index contributed by atoms with van der Waals surface area (Å²) in [5, 5.41) is 15.8. The van der Waals surface area contributed by atoms with Crippen LogP contribution in [0.2, 0.25) is 5.02 Å². The fraction of sp³-hybridized carbons (Fsp3) is 0.176. The van der Waals surface area contributed by atoms with E-state index in [0.29, 0.717) is 33.3 Å². The molecule has 0 aromatic heterocycles. The maximum Gasteiger partial charge on any atom is 0.246 e. The smallest absolute Gasteiger partial charge is 0.246 e. The minimum absolute atomic E-state index is 0.116. The highest BCUT2D eigenvalue weighted by atomic mass is 35.5. The van der Waals surface area contributed by atoms with Crippen molar-refractivity contribution in [1.82, 2.24) is 0 Å². The fourth-order valence-corrected chi connectivity index (χ4v) is 10.5. The van der Waals surface area contributed by atoms with Gasteiger partial charge in [0.05, 0.1) is 34.5 Å². The first-order chi connectivity index (χ1) is 29.7. The standard InChI is InChI=1S/C51H40ClN3O6/c52-33-15-10-18-37(27-33)55-48(58)43-29-42-39(25-26-41-45(42)49(59)54(47(41)57)36-21-19-35(20-22-36)53-34-16-8-3-9-17-34)46(51(43,50(55)60)32-13-6-2-7-14-32)40-24-23-38(28-44(40)56)61-30-31-11-4-1-5-12-31/h1-25,27-28,41-43,45-46,53,56H,26,29-30H2/t41-,42+,43-,45-,46+,51+/m0/s1. The summed E-state index contributed by atoms with van der Waals surface area (Å²) >= 11 is 6.47. The van der Waals surface area contributed by atoms with Gasteiger partial charge in [-0.25, -0.2) is 4.90 Å². The Balaban J connectivity index is 1.08. The van der Waals surface area contributed by atoms with Crippen molar-refractivity contribution < 1.29 is 29.0 Å². The van der Waals surface area contributed by atoms with E-state index in [1.54, 1.807) is 54.6 Å². The molecule has 4 amide bonds. The van der Waals surface area contributed by atoms with E-state index >= 15 is 9.59 Å². The second-order valence-electron chi connectivity index (χ2n) is 16.1. The number of allylic oxidation sites excluding steroid dienone is 2. The van der Waals surface area contributed by atoms with E-state index in [4.69, 9.17) is 16.3 Å². The lowest BCUT2D eigenvalue weighted by Crippen LogP contribution is -2.53. The zero-order chi connectivity index (χ0) is 41.8. The third kappa shape index (κ3) is 6.30. The number of hydrogen-bond donors (Lipinski definition) is 2. The van der Waals surface area contributed by atoms with E-state index in [1.807, 2.05) is 109 Å². The Morgan fingerprint density at radius 2 is 1.36 bits per heavy atom. The molecule has 2 N–H and O–H groups in total. The summed E-state index contributed by atoms with van der Waals surface area (Å²) in [6.07, 6.45) is 2.36. The molecule has 2 heterocycles. The molecule has 2 aliphatic heterocycles. The van der Waals surface area contributed by atoms with E-state index in [-0.39, 0.29) is 37.0 Å². The van der Waals surface area contributed by atoms with Gasteiger partial charge in [0.15, 0.2) is 0 Å². The van der Waals surface area contributed by atoms with Crippen molar-refractivity contribution in [3.8, 4) is 11.5 Å². The Morgan fingerprint density at radius 3 is 2.07 bits per heavy atom. The molecule has 10 heteroatoms. The maximum atomic E-state index is 15.6. The Morgan fingerprint density at radius 1 is 0.672 bits per heavy atom. The number of imide groups is 2. The number of rotatable bonds is 9. The molecule has 302 valence electrons. The van der Waals surface area contributed by atoms with Gasteiger partial charge in [-0.2, -0.15) is 0 Å². The molecule has 0 unspecified atom stereocenters. The molecule has 6 atom stereocenters. The summed E-state index contributed by atoms with van der Waals surface area (Å²) in [5.74, 6) is -5.18. The molecule has 6 aromatic rings. The SMILES string of the molecule is O=C1[C@H]2[C@H](CC=C3[C@H]2C[C@H]2C(=O)N(c4cccc(Cl)c4)C(=O)[C@@]2(c2ccccc2)[C@H]3c2ccc(OCc3ccccc3)cc2O)C(=O)N1c1ccc(Nc2ccccc2)cc1. The fourth-order valence-electron chi connectivity index (χ4n) is 10.3. The monoisotopic (exact) mass is 825 g/mol. The van der Waals surface area contributed by atoms with Gasteiger partial charge in [-0.05, 0) is 90.6 Å². The largest absolute Gasteiger partial charge is 0.508 e. The molecule has 0 spiro atoms. The van der Waals surface area contributed by atoms with Crippen molar-refractivity contribution in [3.63, 3.8) is 0 Å². The van der Waals surface area contributed by atoms with E-state index in [1.165, 1.54) is 9.80 Å². The molecule has 6 aromatic carbocycles. The van der Waals surface area contributed by atoms with Gasteiger partial charge in [-0.3, -0.25) is 24.1 Å². The third-order valence-electron chi connectivity index (χ3n) is 12.9. The summed E-state index contributed by atoms with van der Waals surface area (Å²) in [6.45, 7) is 0.274. The first-order valence-corrected chi connectivity index (χ1v) is 20.8. The van der Waals surface area contributed by atoms with Crippen LogP contribution in [0.1, 0.15) is 35.4 Å². The average Bonchev–Trinajstić information content (AvgIpc) is 3.68. The number of carbonyl (C=O) groups is 4. The molecule has 9 nitrogen and oxygen atoms in total. The van der Waals surface area contributed by atoms with Crippen molar-refractivity contribution in [2.24, 2.45) is 23.7 Å². The number of ether oxygens (including phenoxy) is 1. The predicted octanol–water partition coefficient (Wildman–Crippen LogP) is 9.74. The highest BCUT2D eigenvalue weighted by molar-refractivity contribution is 6.32. The number of fused-ring (bicyclic) bond motifs is 4. The topological polar surface area (TPSA) is 116 Å². The molecule has 0 bridgehead atoms. The number of amides is 4. The van der Waals surface area contributed by atoms with Crippen LogP contribution in [-0.2, 0) is 31.2 Å². The first kappa shape index (κ1) is 38.2. The van der Waals surface area contributed by atoms with Gasteiger partial charge in [0, 0.05) is 33.9 Å². The van der Waals surface area contributed by atoms with Gasteiger partial charge in [0.1, 0.15) is 18.1 Å². The summed E-state index contributed by atoms with van der Waals surface area (Å²) in [5.41, 5.74) is 3.68. The van der Waals surface area contributed by atoms with Gasteiger partial charge in [-0.15, -0.1) is 0 Å². The number of carbonyl (C=O) groups excluding carboxylic acids is 4. The highest BCUT2D eigenvalue weighted by Crippen LogP contribution is 2.65. The number of hydrogen-bond acceptors (Lipinski definition) is 7. The molecule has 0 radical (unpaired) electrons. The lowest BCUT2D eigenvalue weighted by atomic mass is 9.49. The molecule has 3 fully saturated rings. The zero-order valence-corrected chi connectivity index (χ0v) is 33.6. The lowest BCUT2D eigenvalue weighted by molar-refractivity contribution is -0.127. The van der Waals surface area contributed by atoms with Gasteiger partial charge in [0.25, 0.3) is 0 Å². The Kier molecular flexibility index (Phi) is 9.56. The third-order valence-corrected chi connectivity index (χ3v) is 13.2. The molecule has 10 rings (SSSR count). The molecule has 4 aliphatic rings. The maximum absolute atomic E-state index is 15.6. The normalized spacial score (nSPS) is 24.2. The van der Waals surface area contributed by atoms with Crippen LogP contribution < -0.4 is 19.9 Å². The van der Waals surface area contributed by atoms with Crippen molar-refractivity contribution in [3.05, 3.63) is 191 Å². The summed E-state index contributed by atoms with van der Waals surface area (Å²) < 4.78 is 6.11. The number of nitrogens with zero attached hydrogens (tertiary/aromatic N) is 2. The number of nitrogens with one attached hydrogen (secondary N) is 1. The average molecular weight is 826 g/mol. The van der Waals surface area contributed by atoms with Gasteiger partial charge in [0.2, 0.25) is 23.6 Å². The summed E-state index contributed by atoms with van der Waals surface area (Å²) in [7, 11) is 0. The van der Waals surface area contributed by atoms with Crippen LogP contribution in [-0.4, -0.2) is 28.7 Å². The minimum atomic E-state index is -1.54. The molecule has 1 saturated carbocycles. The molecule has 2 aliphatic carbocycles. The Hall–Kier alpha value is -6.97. The highest BCUT2D eigenvalue weighted by Gasteiger charge is 2.70. The second kappa shape index (κ2) is 15.2.